The Hall–Kier alpha value is -3.62. The zero-order valence-corrected chi connectivity index (χ0v) is 12.1. The molecule has 2 aromatic heterocycles. The van der Waals surface area contributed by atoms with Crippen LogP contribution < -0.4 is 11.1 Å². The second-order valence-electron chi connectivity index (χ2n) is 4.93. The zero-order valence-electron chi connectivity index (χ0n) is 12.1. The van der Waals surface area contributed by atoms with Gasteiger partial charge in [0.25, 0.3) is 11.1 Å². The lowest BCUT2D eigenvalue weighted by Crippen LogP contribution is -2.24. The molecule has 0 saturated carbocycles. The molecule has 1 aromatic carbocycles. The van der Waals surface area contributed by atoms with Crippen molar-refractivity contribution in [3.05, 3.63) is 74.3 Å². The summed E-state index contributed by atoms with van der Waals surface area (Å²) in [7, 11) is 0. The molecular formula is C15H12N4O5. The minimum atomic E-state index is -1.28. The smallest absolute Gasteiger partial charge is 0.258 e. The van der Waals surface area contributed by atoms with Crippen LogP contribution in [0.3, 0.4) is 0 Å². The van der Waals surface area contributed by atoms with E-state index in [9.17, 15) is 24.9 Å². The second kappa shape index (κ2) is 5.88. The quantitative estimate of drug-likeness (QED) is 0.459. The van der Waals surface area contributed by atoms with E-state index in [4.69, 9.17) is 0 Å². The van der Waals surface area contributed by atoms with Crippen LogP contribution in [0.15, 0.2) is 46.5 Å². The number of aromatic amines is 2. The lowest BCUT2D eigenvalue weighted by molar-refractivity contribution is 0.428. The van der Waals surface area contributed by atoms with Crippen LogP contribution in [-0.4, -0.2) is 35.3 Å². The number of hydrogen-bond acceptors (Lipinski definition) is 7. The van der Waals surface area contributed by atoms with Crippen LogP contribution in [0.4, 0.5) is 0 Å². The first-order valence-electron chi connectivity index (χ1n) is 6.81. The van der Waals surface area contributed by atoms with E-state index < -0.39 is 28.8 Å². The SMILES string of the molecule is O=c1[nH]cnc(O)c1C(c1ccccc1O)c1c(O)nc[nH]c1=O. The van der Waals surface area contributed by atoms with Crippen LogP contribution in [0.25, 0.3) is 0 Å². The van der Waals surface area contributed by atoms with Crippen molar-refractivity contribution in [3.8, 4) is 17.5 Å². The molecule has 9 nitrogen and oxygen atoms in total. The average Bonchev–Trinajstić information content (AvgIpc) is 2.53. The first-order chi connectivity index (χ1) is 11.5. The number of aromatic hydroxyl groups is 3. The van der Waals surface area contributed by atoms with Gasteiger partial charge in [0, 0.05) is 5.56 Å². The van der Waals surface area contributed by atoms with Crippen LogP contribution in [-0.2, 0) is 0 Å². The number of nitrogens with one attached hydrogen (secondary N) is 2. The second-order valence-corrected chi connectivity index (χ2v) is 4.93. The third-order valence-corrected chi connectivity index (χ3v) is 3.56. The standard InChI is InChI=1S/C15H12N4O5/c20-8-4-2-1-3-7(8)9(10-12(21)16-5-17-13(10)22)11-14(23)18-6-19-15(11)24/h1-6,9,20H,(H2,16,17,21,22)(H2,18,19,23,24). The third kappa shape index (κ3) is 2.47. The number of para-hydroxylation sites is 1. The fourth-order valence-corrected chi connectivity index (χ4v) is 2.51. The molecule has 0 atom stereocenters. The Morgan fingerprint density at radius 1 is 0.833 bits per heavy atom. The number of H-pyrrole nitrogens is 2. The predicted octanol–water partition coefficient (Wildman–Crippen LogP) is 0.150. The molecular weight excluding hydrogens is 316 g/mol. The Labute approximate surface area is 133 Å². The van der Waals surface area contributed by atoms with Crippen molar-refractivity contribution in [3.63, 3.8) is 0 Å². The summed E-state index contributed by atoms with van der Waals surface area (Å²) in [5, 5.41) is 30.2. The Balaban J connectivity index is 2.42. The van der Waals surface area contributed by atoms with Crippen molar-refractivity contribution in [2.75, 3.05) is 0 Å². The van der Waals surface area contributed by atoms with Gasteiger partial charge in [-0.25, -0.2) is 9.97 Å². The largest absolute Gasteiger partial charge is 0.508 e. The Morgan fingerprint density at radius 2 is 1.33 bits per heavy atom. The molecule has 122 valence electrons. The maximum Gasteiger partial charge on any atom is 0.258 e. The highest BCUT2D eigenvalue weighted by Crippen LogP contribution is 2.38. The van der Waals surface area contributed by atoms with Crippen LogP contribution >= 0.6 is 0 Å². The average molecular weight is 328 g/mol. The lowest BCUT2D eigenvalue weighted by atomic mass is 9.86. The van der Waals surface area contributed by atoms with Crippen LogP contribution in [0.2, 0.25) is 0 Å². The fourth-order valence-electron chi connectivity index (χ4n) is 2.51. The molecule has 3 rings (SSSR count). The summed E-state index contributed by atoms with van der Waals surface area (Å²) in [4.78, 5) is 36.2. The number of phenols is 1. The van der Waals surface area contributed by atoms with E-state index in [0.717, 1.165) is 12.7 Å². The van der Waals surface area contributed by atoms with Gasteiger partial charge in [0.05, 0.1) is 29.7 Å². The molecule has 0 amide bonds. The van der Waals surface area contributed by atoms with Gasteiger partial charge in [0.15, 0.2) is 0 Å². The maximum atomic E-state index is 12.2. The molecule has 0 saturated heterocycles. The van der Waals surface area contributed by atoms with Gasteiger partial charge in [-0.2, -0.15) is 0 Å². The number of nitrogens with zero attached hydrogens (tertiary/aromatic N) is 2. The minimum absolute atomic E-state index is 0.125. The monoisotopic (exact) mass is 328 g/mol. The molecule has 9 heteroatoms. The van der Waals surface area contributed by atoms with Gasteiger partial charge in [-0.1, -0.05) is 18.2 Å². The number of aromatic nitrogens is 4. The minimum Gasteiger partial charge on any atom is -0.508 e. The molecule has 0 aliphatic carbocycles. The van der Waals surface area contributed by atoms with Crippen LogP contribution in [0.1, 0.15) is 22.6 Å². The fraction of sp³-hybridized carbons (Fsp3) is 0.0667. The van der Waals surface area contributed by atoms with E-state index in [1.807, 2.05) is 0 Å². The van der Waals surface area contributed by atoms with Crippen molar-refractivity contribution < 1.29 is 15.3 Å². The maximum absolute atomic E-state index is 12.2. The van der Waals surface area contributed by atoms with Crippen molar-refractivity contribution in [2.24, 2.45) is 0 Å². The molecule has 0 bridgehead atoms. The molecule has 0 spiro atoms. The molecule has 5 N–H and O–H groups in total. The van der Waals surface area contributed by atoms with E-state index in [1.54, 1.807) is 12.1 Å². The molecule has 0 aliphatic rings. The van der Waals surface area contributed by atoms with E-state index in [-0.39, 0.29) is 22.4 Å². The lowest BCUT2D eigenvalue weighted by Gasteiger charge is -2.18. The third-order valence-electron chi connectivity index (χ3n) is 3.56. The van der Waals surface area contributed by atoms with Crippen molar-refractivity contribution in [1.29, 1.82) is 0 Å². The predicted molar refractivity (Wildman–Crippen MR) is 82.1 cm³/mol. The molecule has 0 aliphatic heterocycles. The van der Waals surface area contributed by atoms with Gasteiger partial charge in [0.1, 0.15) is 5.75 Å². The molecule has 0 unspecified atom stereocenters. The summed E-state index contributed by atoms with van der Waals surface area (Å²) >= 11 is 0. The van der Waals surface area contributed by atoms with E-state index in [2.05, 4.69) is 19.9 Å². The summed E-state index contributed by atoms with van der Waals surface area (Å²) in [5.74, 6) is -2.77. The van der Waals surface area contributed by atoms with Gasteiger partial charge in [-0.15, -0.1) is 0 Å². The highest BCUT2D eigenvalue weighted by molar-refractivity contribution is 5.51. The Morgan fingerprint density at radius 3 is 1.79 bits per heavy atom. The number of phenolic OH excluding ortho intramolecular Hbond substituents is 1. The summed E-state index contributed by atoms with van der Waals surface area (Å²) in [6.45, 7) is 0. The van der Waals surface area contributed by atoms with Gasteiger partial charge in [0.2, 0.25) is 11.8 Å². The molecule has 0 fully saturated rings. The first kappa shape index (κ1) is 15.3. The first-order valence-corrected chi connectivity index (χ1v) is 6.81. The van der Waals surface area contributed by atoms with Crippen LogP contribution in [0.5, 0.6) is 17.5 Å². The number of rotatable bonds is 3. The van der Waals surface area contributed by atoms with Crippen molar-refractivity contribution in [2.45, 2.75) is 5.92 Å². The molecule has 0 radical (unpaired) electrons. The van der Waals surface area contributed by atoms with Gasteiger partial charge in [-0.3, -0.25) is 9.59 Å². The molecule has 24 heavy (non-hydrogen) atoms. The van der Waals surface area contributed by atoms with Gasteiger partial charge in [-0.05, 0) is 6.07 Å². The highest BCUT2D eigenvalue weighted by Gasteiger charge is 2.31. The molecule has 3 aromatic rings. The highest BCUT2D eigenvalue weighted by atomic mass is 16.3. The van der Waals surface area contributed by atoms with E-state index >= 15 is 0 Å². The zero-order chi connectivity index (χ0) is 17.3. The van der Waals surface area contributed by atoms with Crippen LogP contribution in [0, 0.1) is 0 Å². The summed E-state index contributed by atoms with van der Waals surface area (Å²) in [6, 6.07) is 5.94. The summed E-state index contributed by atoms with van der Waals surface area (Å²) < 4.78 is 0. The van der Waals surface area contributed by atoms with E-state index in [1.165, 1.54) is 12.1 Å². The number of benzene rings is 1. The molecule has 2 heterocycles. The van der Waals surface area contributed by atoms with Gasteiger partial charge < -0.3 is 25.3 Å². The Bertz CT molecular complexity index is 951. The van der Waals surface area contributed by atoms with Crippen molar-refractivity contribution in [1.82, 2.24) is 19.9 Å². The van der Waals surface area contributed by atoms with Crippen molar-refractivity contribution >= 4 is 0 Å². The summed E-state index contributed by atoms with van der Waals surface area (Å²) in [5.41, 5.74) is -1.92. The topological polar surface area (TPSA) is 152 Å². The van der Waals surface area contributed by atoms with Gasteiger partial charge >= 0.3 is 0 Å². The van der Waals surface area contributed by atoms with E-state index in [0.29, 0.717) is 0 Å². The summed E-state index contributed by atoms with van der Waals surface area (Å²) in [6.07, 6.45) is 1.99. The Kier molecular flexibility index (Phi) is 3.74. The number of hydrogen-bond donors (Lipinski definition) is 5. The normalized spacial score (nSPS) is 10.9.